The van der Waals surface area contributed by atoms with Gasteiger partial charge in [-0.1, -0.05) is 44.2 Å². The van der Waals surface area contributed by atoms with Crippen LogP contribution in [0.15, 0.2) is 54.6 Å². The molecule has 0 saturated heterocycles. The Morgan fingerprint density at radius 1 is 0.952 bits per heavy atom. The molecule has 2 heteroatoms. The molecule has 0 radical (unpaired) electrons. The topological polar surface area (TPSA) is 22.1 Å². The molecule has 0 spiro atoms. The minimum absolute atomic E-state index is 0.435. The van der Waals surface area contributed by atoms with Gasteiger partial charge in [0, 0.05) is 10.9 Å². The van der Waals surface area contributed by atoms with E-state index >= 15 is 0 Å². The van der Waals surface area contributed by atoms with Crippen molar-refractivity contribution in [3.63, 3.8) is 0 Å². The van der Waals surface area contributed by atoms with E-state index in [1.54, 1.807) is 7.11 Å². The summed E-state index contributed by atoms with van der Waals surface area (Å²) in [7, 11) is 1.70. The van der Waals surface area contributed by atoms with Crippen LogP contribution in [-0.2, 0) is 0 Å². The van der Waals surface area contributed by atoms with E-state index in [4.69, 9.17) is 9.72 Å². The van der Waals surface area contributed by atoms with Crippen molar-refractivity contribution < 1.29 is 4.74 Å². The Kier molecular flexibility index (Phi) is 3.61. The van der Waals surface area contributed by atoms with Crippen LogP contribution in [0, 0.1) is 0 Å². The lowest BCUT2D eigenvalue weighted by Gasteiger charge is -2.13. The Morgan fingerprint density at radius 3 is 2.38 bits per heavy atom. The van der Waals surface area contributed by atoms with Gasteiger partial charge >= 0.3 is 0 Å². The van der Waals surface area contributed by atoms with Crippen LogP contribution in [0.1, 0.15) is 25.3 Å². The molecular formula is C19H19NO. The largest absolute Gasteiger partial charge is 0.497 e. The first kappa shape index (κ1) is 13.6. The molecule has 1 heterocycles. The quantitative estimate of drug-likeness (QED) is 0.669. The fraction of sp³-hybridized carbons (Fsp3) is 0.211. The average Bonchev–Trinajstić information content (AvgIpc) is 2.54. The number of methoxy groups -OCH3 is 1. The van der Waals surface area contributed by atoms with Gasteiger partial charge in [0.15, 0.2) is 0 Å². The van der Waals surface area contributed by atoms with Crippen molar-refractivity contribution in [1.29, 1.82) is 0 Å². The first-order valence-corrected chi connectivity index (χ1v) is 7.23. The summed E-state index contributed by atoms with van der Waals surface area (Å²) in [5, 5.41) is 1.17. The van der Waals surface area contributed by atoms with E-state index in [1.807, 2.05) is 30.3 Å². The summed E-state index contributed by atoms with van der Waals surface area (Å²) in [6, 6.07) is 18.6. The second-order valence-corrected chi connectivity index (χ2v) is 5.50. The second-order valence-electron chi connectivity index (χ2n) is 5.50. The number of pyridine rings is 1. The van der Waals surface area contributed by atoms with E-state index in [-0.39, 0.29) is 0 Å². The molecule has 1 aromatic heterocycles. The maximum atomic E-state index is 5.34. The molecule has 0 fully saturated rings. The molecule has 3 rings (SSSR count). The Morgan fingerprint density at radius 2 is 1.71 bits per heavy atom. The number of ether oxygens (including phenoxy) is 1. The molecule has 21 heavy (non-hydrogen) atoms. The zero-order chi connectivity index (χ0) is 14.8. The molecule has 2 aromatic carbocycles. The summed E-state index contributed by atoms with van der Waals surface area (Å²) in [5.74, 6) is 1.31. The SMILES string of the molecule is COc1ccc2nc(-c3ccccc3)cc(C(C)C)c2c1. The molecule has 2 nitrogen and oxygen atoms in total. The van der Waals surface area contributed by atoms with E-state index in [1.165, 1.54) is 10.9 Å². The fourth-order valence-electron chi connectivity index (χ4n) is 2.59. The molecule has 0 saturated carbocycles. The smallest absolute Gasteiger partial charge is 0.119 e. The first-order chi connectivity index (χ1) is 10.2. The maximum absolute atomic E-state index is 5.34. The van der Waals surface area contributed by atoms with Crippen LogP contribution in [0.2, 0.25) is 0 Å². The highest BCUT2D eigenvalue weighted by atomic mass is 16.5. The molecule has 0 amide bonds. The van der Waals surface area contributed by atoms with E-state index in [0.29, 0.717) is 5.92 Å². The molecular weight excluding hydrogens is 258 g/mol. The number of rotatable bonds is 3. The van der Waals surface area contributed by atoms with Gasteiger partial charge in [-0.3, -0.25) is 0 Å². The van der Waals surface area contributed by atoms with Gasteiger partial charge in [0.25, 0.3) is 0 Å². The Hall–Kier alpha value is -2.35. The van der Waals surface area contributed by atoms with Crippen molar-refractivity contribution in [2.45, 2.75) is 19.8 Å². The Balaban J connectivity index is 2.26. The monoisotopic (exact) mass is 277 g/mol. The van der Waals surface area contributed by atoms with Gasteiger partial charge in [-0.05, 0) is 35.7 Å². The van der Waals surface area contributed by atoms with Crippen molar-refractivity contribution in [1.82, 2.24) is 4.98 Å². The lowest BCUT2D eigenvalue weighted by atomic mass is 9.96. The van der Waals surface area contributed by atoms with Crippen LogP contribution >= 0.6 is 0 Å². The van der Waals surface area contributed by atoms with E-state index in [0.717, 1.165) is 22.5 Å². The zero-order valence-electron chi connectivity index (χ0n) is 12.6. The molecule has 0 bridgehead atoms. The van der Waals surface area contributed by atoms with Crippen LogP contribution in [0.5, 0.6) is 5.75 Å². The molecule has 0 atom stereocenters. The zero-order valence-corrected chi connectivity index (χ0v) is 12.6. The third kappa shape index (κ3) is 2.62. The number of nitrogens with zero attached hydrogens (tertiary/aromatic N) is 1. The summed E-state index contributed by atoms with van der Waals surface area (Å²) >= 11 is 0. The predicted octanol–water partition coefficient (Wildman–Crippen LogP) is 5.03. The van der Waals surface area contributed by atoms with Crippen molar-refractivity contribution in [2.75, 3.05) is 7.11 Å². The molecule has 0 aliphatic heterocycles. The minimum atomic E-state index is 0.435. The van der Waals surface area contributed by atoms with E-state index < -0.39 is 0 Å². The lowest BCUT2D eigenvalue weighted by Crippen LogP contribution is -1.95. The van der Waals surface area contributed by atoms with E-state index in [9.17, 15) is 0 Å². The van der Waals surface area contributed by atoms with Crippen LogP contribution in [0.25, 0.3) is 22.2 Å². The highest BCUT2D eigenvalue weighted by Crippen LogP contribution is 2.31. The number of hydrogen-bond donors (Lipinski definition) is 0. The van der Waals surface area contributed by atoms with Gasteiger partial charge in [-0.2, -0.15) is 0 Å². The minimum Gasteiger partial charge on any atom is -0.497 e. The molecule has 0 N–H and O–H groups in total. The highest BCUT2D eigenvalue weighted by Gasteiger charge is 2.11. The van der Waals surface area contributed by atoms with Crippen LogP contribution in [0.3, 0.4) is 0 Å². The molecule has 0 aliphatic carbocycles. The van der Waals surface area contributed by atoms with Crippen molar-refractivity contribution in [3.05, 3.63) is 60.2 Å². The number of hydrogen-bond acceptors (Lipinski definition) is 2. The fourth-order valence-corrected chi connectivity index (χ4v) is 2.59. The highest BCUT2D eigenvalue weighted by molar-refractivity contribution is 5.87. The number of fused-ring (bicyclic) bond motifs is 1. The molecule has 0 aliphatic rings. The Labute approximate surface area is 125 Å². The van der Waals surface area contributed by atoms with Crippen LogP contribution < -0.4 is 4.74 Å². The summed E-state index contributed by atoms with van der Waals surface area (Å²) in [6.45, 7) is 4.42. The van der Waals surface area contributed by atoms with Crippen molar-refractivity contribution >= 4 is 10.9 Å². The van der Waals surface area contributed by atoms with E-state index in [2.05, 4.69) is 38.1 Å². The number of aromatic nitrogens is 1. The average molecular weight is 277 g/mol. The summed E-state index contributed by atoms with van der Waals surface area (Å²) in [4.78, 5) is 4.81. The van der Waals surface area contributed by atoms with Gasteiger partial charge in [-0.15, -0.1) is 0 Å². The van der Waals surface area contributed by atoms with Gasteiger partial charge < -0.3 is 4.74 Å². The lowest BCUT2D eigenvalue weighted by molar-refractivity contribution is 0.415. The third-order valence-electron chi connectivity index (χ3n) is 3.74. The summed E-state index contributed by atoms with van der Waals surface area (Å²) < 4.78 is 5.34. The Bertz CT molecular complexity index is 763. The van der Waals surface area contributed by atoms with Crippen LogP contribution in [0.4, 0.5) is 0 Å². The number of benzene rings is 2. The molecule has 106 valence electrons. The van der Waals surface area contributed by atoms with Gasteiger partial charge in [0.2, 0.25) is 0 Å². The maximum Gasteiger partial charge on any atom is 0.119 e. The normalized spacial score (nSPS) is 11.0. The molecule has 3 aromatic rings. The van der Waals surface area contributed by atoms with Gasteiger partial charge in [-0.25, -0.2) is 4.98 Å². The standard InChI is InChI=1S/C19H19NO/c1-13(2)16-12-19(14-7-5-4-6-8-14)20-18-10-9-15(21-3)11-17(16)18/h4-13H,1-3H3. The third-order valence-corrected chi connectivity index (χ3v) is 3.74. The predicted molar refractivity (Wildman–Crippen MR) is 87.8 cm³/mol. The van der Waals surface area contributed by atoms with Gasteiger partial charge in [0.05, 0.1) is 18.3 Å². The van der Waals surface area contributed by atoms with Crippen molar-refractivity contribution in [2.24, 2.45) is 0 Å². The van der Waals surface area contributed by atoms with Crippen molar-refractivity contribution in [3.8, 4) is 17.0 Å². The van der Waals surface area contributed by atoms with Crippen LogP contribution in [-0.4, -0.2) is 12.1 Å². The first-order valence-electron chi connectivity index (χ1n) is 7.23. The summed E-state index contributed by atoms with van der Waals surface area (Å²) in [5.41, 5.74) is 4.49. The second kappa shape index (κ2) is 5.57. The van der Waals surface area contributed by atoms with Gasteiger partial charge in [0.1, 0.15) is 5.75 Å². The summed E-state index contributed by atoms with van der Waals surface area (Å²) in [6.07, 6.45) is 0. The molecule has 0 unspecified atom stereocenters.